The first-order valence-corrected chi connectivity index (χ1v) is 17.7. The van der Waals surface area contributed by atoms with Gasteiger partial charge in [-0.05, 0) is 83.1 Å². The molecule has 45 heavy (non-hydrogen) atoms. The van der Waals surface area contributed by atoms with Crippen LogP contribution in [0, 0.1) is 10.8 Å². The van der Waals surface area contributed by atoms with Gasteiger partial charge in [0, 0.05) is 57.9 Å². The molecular weight excluding hydrogens is 650 g/mol. The van der Waals surface area contributed by atoms with E-state index >= 15 is 0 Å². The van der Waals surface area contributed by atoms with Crippen molar-refractivity contribution in [1.82, 2.24) is 4.90 Å². The summed E-state index contributed by atoms with van der Waals surface area (Å²) in [5.41, 5.74) is 5.39. The molecule has 4 aliphatic rings. The summed E-state index contributed by atoms with van der Waals surface area (Å²) in [6.07, 6.45) is 8.41. The van der Waals surface area contributed by atoms with Crippen molar-refractivity contribution >= 4 is 39.1 Å². The van der Waals surface area contributed by atoms with Crippen molar-refractivity contribution < 1.29 is 19.1 Å². The van der Waals surface area contributed by atoms with E-state index in [1.165, 1.54) is 19.3 Å². The van der Waals surface area contributed by atoms with Crippen LogP contribution in [0.15, 0.2) is 63.4 Å². The zero-order valence-corrected chi connectivity index (χ0v) is 29.6. The van der Waals surface area contributed by atoms with E-state index in [2.05, 4.69) is 48.5 Å². The molecule has 7 heteroatoms. The number of carbonyl (C=O) groups excluding carboxylic acids is 2. The maximum absolute atomic E-state index is 14.3. The molecule has 1 fully saturated rings. The van der Waals surface area contributed by atoms with Crippen molar-refractivity contribution in [3.8, 4) is 11.5 Å². The van der Waals surface area contributed by atoms with Crippen LogP contribution in [0.2, 0.25) is 5.02 Å². The van der Waals surface area contributed by atoms with Gasteiger partial charge in [0.05, 0.1) is 11.1 Å². The molecule has 0 spiro atoms. The van der Waals surface area contributed by atoms with Crippen molar-refractivity contribution in [3.63, 3.8) is 0 Å². The third-order valence-electron chi connectivity index (χ3n) is 9.89. The Morgan fingerprint density at radius 3 is 2.04 bits per heavy atom. The van der Waals surface area contributed by atoms with Crippen molar-refractivity contribution in [2.45, 2.75) is 111 Å². The first-order chi connectivity index (χ1) is 21.4. The molecule has 1 aliphatic heterocycles. The third kappa shape index (κ3) is 6.39. The molecule has 1 saturated carbocycles. The number of carbonyl (C=O) groups is 2. The number of nitrogens with zero attached hydrogens (tertiary/aromatic N) is 1. The first kappa shape index (κ1) is 32.4. The van der Waals surface area contributed by atoms with Gasteiger partial charge in [-0.2, -0.15) is 0 Å². The zero-order chi connectivity index (χ0) is 32.1. The van der Waals surface area contributed by atoms with Crippen LogP contribution in [0.5, 0.6) is 11.5 Å². The largest absolute Gasteiger partial charge is 0.490 e. The summed E-state index contributed by atoms with van der Waals surface area (Å²) in [4.78, 5) is 31.2. The second kappa shape index (κ2) is 12.6. The van der Waals surface area contributed by atoms with Crippen LogP contribution < -0.4 is 9.47 Å². The highest BCUT2D eigenvalue weighted by Gasteiger charge is 2.50. The Kier molecular flexibility index (Phi) is 9.04. The van der Waals surface area contributed by atoms with Crippen LogP contribution in [0.4, 0.5) is 0 Å². The Morgan fingerprint density at radius 2 is 1.47 bits per heavy atom. The smallest absolute Gasteiger partial charge is 0.175 e. The lowest BCUT2D eigenvalue weighted by Crippen LogP contribution is -2.48. The van der Waals surface area contributed by atoms with Crippen LogP contribution in [-0.4, -0.2) is 29.1 Å². The van der Waals surface area contributed by atoms with Gasteiger partial charge in [0.15, 0.2) is 23.1 Å². The standard InChI is InChI=1S/C38H45BrClNO4/c1-6-44-32-17-24(16-26(39)36(32)45-22-23-12-10-11-15-27(23)40)33-34-28(18-37(2,3)20-30(34)42)41(25-13-8-7-9-14-25)29-19-38(4,5)21-31(43)35(29)33/h10-12,15-17,25,33H,6-9,13-14,18-22H2,1-5H3. The lowest BCUT2D eigenvalue weighted by Gasteiger charge is -2.52. The molecule has 240 valence electrons. The van der Waals surface area contributed by atoms with Gasteiger partial charge < -0.3 is 14.4 Å². The number of hydrogen-bond donors (Lipinski definition) is 0. The fourth-order valence-corrected chi connectivity index (χ4v) is 8.80. The maximum Gasteiger partial charge on any atom is 0.175 e. The lowest BCUT2D eigenvalue weighted by atomic mass is 9.63. The Labute approximate surface area is 281 Å². The van der Waals surface area contributed by atoms with E-state index in [1.807, 2.05) is 43.3 Å². The number of rotatable bonds is 7. The number of allylic oxidation sites excluding steroid dienone is 4. The molecule has 0 unspecified atom stereocenters. The van der Waals surface area contributed by atoms with Gasteiger partial charge in [0.25, 0.3) is 0 Å². The molecule has 0 N–H and O–H groups in total. The minimum Gasteiger partial charge on any atom is -0.490 e. The highest BCUT2D eigenvalue weighted by Crippen LogP contribution is 2.56. The quantitative estimate of drug-likeness (QED) is 0.289. The summed E-state index contributed by atoms with van der Waals surface area (Å²) in [6, 6.07) is 12.0. The molecule has 5 nitrogen and oxygen atoms in total. The molecular formula is C38H45BrClNO4. The number of benzene rings is 2. The van der Waals surface area contributed by atoms with Gasteiger partial charge in [0.1, 0.15) is 6.61 Å². The van der Waals surface area contributed by atoms with Gasteiger partial charge in [-0.25, -0.2) is 0 Å². The van der Waals surface area contributed by atoms with Gasteiger partial charge in [-0.15, -0.1) is 0 Å². The summed E-state index contributed by atoms with van der Waals surface area (Å²) in [5, 5.41) is 0.643. The number of Topliss-reactive ketones (excluding diaryl/α,β-unsaturated/α-hetero) is 2. The molecule has 2 aromatic rings. The second-order valence-electron chi connectivity index (χ2n) is 14.8. The molecule has 0 aromatic heterocycles. The van der Waals surface area contributed by atoms with Crippen LogP contribution in [0.3, 0.4) is 0 Å². The summed E-state index contributed by atoms with van der Waals surface area (Å²) >= 11 is 10.2. The fraction of sp³-hybridized carbons (Fsp3) is 0.526. The lowest BCUT2D eigenvalue weighted by molar-refractivity contribution is -0.119. The summed E-state index contributed by atoms with van der Waals surface area (Å²) in [7, 11) is 0. The zero-order valence-electron chi connectivity index (χ0n) is 27.2. The van der Waals surface area contributed by atoms with E-state index < -0.39 is 5.92 Å². The van der Waals surface area contributed by atoms with E-state index in [0.717, 1.165) is 63.8 Å². The van der Waals surface area contributed by atoms with E-state index in [4.69, 9.17) is 21.1 Å². The summed E-state index contributed by atoms with van der Waals surface area (Å²) in [6.45, 7) is 11.5. The van der Waals surface area contributed by atoms with Gasteiger partial charge in [0.2, 0.25) is 0 Å². The van der Waals surface area contributed by atoms with Crippen molar-refractivity contribution in [2.24, 2.45) is 10.8 Å². The SMILES string of the molecule is CCOc1cc(C2C3=C(CC(C)(C)CC3=O)N(C3CCCCC3)C3=C2C(=O)CC(C)(C)C3)cc(Br)c1OCc1ccccc1Cl. The highest BCUT2D eigenvalue weighted by atomic mass is 79.9. The van der Waals surface area contributed by atoms with Gasteiger partial charge >= 0.3 is 0 Å². The number of ketones is 2. The highest BCUT2D eigenvalue weighted by molar-refractivity contribution is 9.10. The first-order valence-electron chi connectivity index (χ1n) is 16.5. The summed E-state index contributed by atoms with van der Waals surface area (Å²) < 4.78 is 13.2. The Balaban J connectivity index is 1.52. The molecule has 1 heterocycles. The van der Waals surface area contributed by atoms with Crippen LogP contribution >= 0.6 is 27.5 Å². The number of hydrogen-bond acceptors (Lipinski definition) is 5. The van der Waals surface area contributed by atoms with Crippen LogP contribution in [0.1, 0.15) is 109 Å². The van der Waals surface area contributed by atoms with E-state index in [-0.39, 0.29) is 29.0 Å². The number of halogens is 2. The fourth-order valence-electron chi connectivity index (χ4n) is 8.03. The van der Waals surface area contributed by atoms with Gasteiger partial charge in [-0.1, -0.05) is 76.8 Å². The maximum atomic E-state index is 14.3. The molecule has 0 saturated heterocycles. The normalized spacial score (nSPS) is 22.0. The van der Waals surface area contributed by atoms with E-state index in [0.29, 0.717) is 42.0 Å². The van der Waals surface area contributed by atoms with E-state index in [1.54, 1.807) is 0 Å². The molecule has 0 amide bonds. The number of ether oxygens (including phenoxy) is 2. The van der Waals surface area contributed by atoms with E-state index in [9.17, 15) is 9.59 Å². The van der Waals surface area contributed by atoms with Crippen molar-refractivity contribution in [3.05, 3.63) is 79.6 Å². The Hall–Kier alpha value is -2.57. The van der Waals surface area contributed by atoms with Crippen LogP contribution in [0.25, 0.3) is 0 Å². The van der Waals surface area contributed by atoms with Gasteiger partial charge in [-0.3, -0.25) is 9.59 Å². The minimum atomic E-state index is -0.435. The van der Waals surface area contributed by atoms with Crippen LogP contribution in [-0.2, 0) is 16.2 Å². The monoisotopic (exact) mass is 693 g/mol. The minimum absolute atomic E-state index is 0.146. The predicted octanol–water partition coefficient (Wildman–Crippen LogP) is 10.1. The second-order valence-corrected chi connectivity index (χ2v) is 16.1. The average molecular weight is 695 g/mol. The molecule has 0 radical (unpaired) electrons. The van der Waals surface area contributed by atoms with Crippen molar-refractivity contribution in [1.29, 1.82) is 0 Å². The topological polar surface area (TPSA) is 55.8 Å². The Morgan fingerprint density at radius 1 is 0.867 bits per heavy atom. The van der Waals surface area contributed by atoms with Crippen molar-refractivity contribution in [2.75, 3.05) is 6.61 Å². The summed E-state index contributed by atoms with van der Waals surface area (Å²) in [5.74, 6) is 1.04. The Bertz CT molecular complexity index is 1530. The molecule has 6 rings (SSSR count). The third-order valence-corrected chi connectivity index (χ3v) is 10.8. The average Bonchev–Trinajstić information content (AvgIpc) is 2.96. The molecule has 2 aromatic carbocycles. The predicted molar refractivity (Wildman–Crippen MR) is 183 cm³/mol. The molecule has 0 atom stereocenters. The molecule has 3 aliphatic carbocycles. The molecule has 0 bridgehead atoms.